The largest absolute Gasteiger partial charge is 0.352 e. The van der Waals surface area contributed by atoms with Gasteiger partial charge in [-0.05, 0) is 37.5 Å². The Kier molecular flexibility index (Phi) is 5.54. The van der Waals surface area contributed by atoms with Crippen molar-refractivity contribution in [1.82, 2.24) is 14.5 Å². The fourth-order valence-corrected chi connectivity index (χ4v) is 3.17. The van der Waals surface area contributed by atoms with Gasteiger partial charge in [0.15, 0.2) is 0 Å². The van der Waals surface area contributed by atoms with E-state index in [-0.39, 0.29) is 18.5 Å². The zero-order valence-electron chi connectivity index (χ0n) is 15.5. The molecule has 0 saturated carbocycles. The molecule has 1 aromatic heterocycles. The van der Waals surface area contributed by atoms with Crippen molar-refractivity contribution in [2.24, 2.45) is 7.05 Å². The smallest absolute Gasteiger partial charge is 0.317 e. The molecule has 6 nitrogen and oxygen atoms in total. The van der Waals surface area contributed by atoms with Gasteiger partial charge in [0.05, 0.1) is 11.0 Å². The molecule has 140 valence electrons. The van der Waals surface area contributed by atoms with Crippen LogP contribution in [0, 0.1) is 0 Å². The molecular weight excluding hydrogens is 342 g/mol. The lowest BCUT2D eigenvalue weighted by Gasteiger charge is -2.16. The van der Waals surface area contributed by atoms with Crippen molar-refractivity contribution in [2.75, 3.05) is 0 Å². The molecule has 3 rings (SSSR count). The first-order chi connectivity index (χ1) is 13.0. The van der Waals surface area contributed by atoms with Crippen LogP contribution in [0.1, 0.15) is 18.9 Å². The lowest BCUT2D eigenvalue weighted by atomic mass is 10.1. The molecule has 0 radical (unpaired) electrons. The minimum Gasteiger partial charge on any atom is -0.352 e. The summed E-state index contributed by atoms with van der Waals surface area (Å²) in [4.78, 5) is 37.0. The summed E-state index contributed by atoms with van der Waals surface area (Å²) in [7, 11) is 1.56. The summed E-state index contributed by atoms with van der Waals surface area (Å²) < 4.78 is 2.56. The number of para-hydroxylation sites is 2. The molecule has 1 N–H and O–H groups in total. The number of rotatable bonds is 6. The van der Waals surface area contributed by atoms with Crippen LogP contribution in [-0.4, -0.2) is 21.1 Å². The highest BCUT2D eigenvalue weighted by Gasteiger charge is 2.14. The summed E-state index contributed by atoms with van der Waals surface area (Å²) in [6.07, 6.45) is 1.65. The molecule has 0 aliphatic carbocycles. The number of amides is 1. The van der Waals surface area contributed by atoms with E-state index in [0.29, 0.717) is 11.0 Å². The first-order valence-corrected chi connectivity index (χ1v) is 8.99. The zero-order valence-corrected chi connectivity index (χ0v) is 15.5. The highest BCUT2D eigenvalue weighted by atomic mass is 16.2. The average Bonchev–Trinajstić information content (AvgIpc) is 2.69. The minimum absolute atomic E-state index is 0.0359. The van der Waals surface area contributed by atoms with Crippen LogP contribution in [0.3, 0.4) is 0 Å². The Morgan fingerprint density at radius 3 is 2.30 bits per heavy atom. The zero-order chi connectivity index (χ0) is 19.4. The minimum atomic E-state index is -0.691. The van der Waals surface area contributed by atoms with E-state index < -0.39 is 11.1 Å². The number of hydrogen-bond donors (Lipinski definition) is 1. The summed E-state index contributed by atoms with van der Waals surface area (Å²) >= 11 is 0. The molecule has 0 saturated heterocycles. The molecule has 6 heteroatoms. The van der Waals surface area contributed by atoms with Gasteiger partial charge in [0.1, 0.15) is 6.54 Å². The third kappa shape index (κ3) is 4.16. The van der Waals surface area contributed by atoms with Crippen LogP contribution in [0.2, 0.25) is 0 Å². The SMILES string of the molecule is C[C@H](CCc1ccccc1)NC(=O)Cn1c(=O)c(=O)n(C)c2ccccc21. The van der Waals surface area contributed by atoms with Crippen LogP contribution < -0.4 is 16.4 Å². The Hall–Kier alpha value is -3.15. The summed E-state index contributed by atoms with van der Waals surface area (Å²) in [6.45, 7) is 1.76. The van der Waals surface area contributed by atoms with E-state index in [4.69, 9.17) is 0 Å². The number of carbonyl (C=O) groups excluding carboxylic acids is 1. The van der Waals surface area contributed by atoms with E-state index in [9.17, 15) is 14.4 Å². The van der Waals surface area contributed by atoms with E-state index >= 15 is 0 Å². The van der Waals surface area contributed by atoms with Crippen molar-refractivity contribution in [3.8, 4) is 0 Å². The number of nitrogens with zero attached hydrogens (tertiary/aromatic N) is 2. The molecule has 3 aromatic rings. The van der Waals surface area contributed by atoms with Gasteiger partial charge in [-0.1, -0.05) is 42.5 Å². The van der Waals surface area contributed by atoms with E-state index in [0.717, 1.165) is 12.8 Å². The number of aromatic nitrogens is 2. The molecule has 0 unspecified atom stereocenters. The first kappa shape index (κ1) is 18.6. The van der Waals surface area contributed by atoms with Gasteiger partial charge in [-0.2, -0.15) is 0 Å². The lowest BCUT2D eigenvalue weighted by molar-refractivity contribution is -0.122. The molecule has 0 fully saturated rings. The van der Waals surface area contributed by atoms with Gasteiger partial charge in [0.25, 0.3) is 0 Å². The van der Waals surface area contributed by atoms with Gasteiger partial charge in [0.2, 0.25) is 5.91 Å². The fourth-order valence-electron chi connectivity index (χ4n) is 3.17. The lowest BCUT2D eigenvalue weighted by Crippen LogP contribution is -2.44. The van der Waals surface area contributed by atoms with Crippen molar-refractivity contribution in [1.29, 1.82) is 0 Å². The molecule has 0 bridgehead atoms. The molecule has 0 aliphatic heterocycles. The Balaban J connectivity index is 1.73. The van der Waals surface area contributed by atoms with Crippen molar-refractivity contribution >= 4 is 16.9 Å². The Labute approximate surface area is 157 Å². The number of aryl methyl sites for hydroxylation is 2. The van der Waals surface area contributed by atoms with E-state index in [1.165, 1.54) is 14.7 Å². The summed E-state index contributed by atoms with van der Waals surface area (Å²) in [5, 5.41) is 2.92. The van der Waals surface area contributed by atoms with E-state index in [1.807, 2.05) is 25.1 Å². The first-order valence-electron chi connectivity index (χ1n) is 8.99. The summed E-state index contributed by atoms with van der Waals surface area (Å²) in [6, 6.07) is 17.1. The molecule has 0 spiro atoms. The molecule has 1 heterocycles. The molecule has 1 amide bonds. The third-order valence-electron chi connectivity index (χ3n) is 4.68. The maximum Gasteiger partial charge on any atom is 0.317 e. The number of nitrogens with one attached hydrogen (secondary N) is 1. The van der Waals surface area contributed by atoms with E-state index in [1.54, 1.807) is 31.3 Å². The third-order valence-corrected chi connectivity index (χ3v) is 4.68. The highest BCUT2D eigenvalue weighted by molar-refractivity contribution is 5.80. The Morgan fingerprint density at radius 1 is 0.963 bits per heavy atom. The summed E-state index contributed by atoms with van der Waals surface area (Å²) in [5.74, 6) is -0.281. The number of fused-ring (bicyclic) bond motifs is 1. The van der Waals surface area contributed by atoms with Gasteiger partial charge < -0.3 is 9.88 Å². The van der Waals surface area contributed by atoms with E-state index in [2.05, 4.69) is 17.4 Å². The van der Waals surface area contributed by atoms with Crippen LogP contribution in [-0.2, 0) is 24.8 Å². The van der Waals surface area contributed by atoms with Crippen molar-refractivity contribution in [3.05, 3.63) is 80.9 Å². The normalized spacial score (nSPS) is 12.1. The number of hydrogen-bond acceptors (Lipinski definition) is 3. The standard InChI is InChI=1S/C21H23N3O3/c1-15(12-13-16-8-4-3-5-9-16)22-19(25)14-24-18-11-7-6-10-17(18)23(2)20(26)21(24)27/h3-11,15H,12-14H2,1-2H3,(H,22,25)/t15-/m1/s1. The van der Waals surface area contributed by atoms with Crippen LogP contribution >= 0.6 is 0 Å². The Morgan fingerprint density at radius 2 is 1.59 bits per heavy atom. The second-order valence-electron chi connectivity index (χ2n) is 6.74. The molecule has 27 heavy (non-hydrogen) atoms. The number of carbonyl (C=O) groups is 1. The molecule has 0 aliphatic rings. The maximum atomic E-state index is 12.4. The van der Waals surface area contributed by atoms with Crippen molar-refractivity contribution in [2.45, 2.75) is 32.4 Å². The Bertz CT molecular complexity index is 1070. The number of benzene rings is 2. The second kappa shape index (κ2) is 8.03. The van der Waals surface area contributed by atoms with Crippen LogP contribution in [0.5, 0.6) is 0 Å². The maximum absolute atomic E-state index is 12.4. The van der Waals surface area contributed by atoms with Crippen LogP contribution in [0.15, 0.2) is 64.2 Å². The topological polar surface area (TPSA) is 73.1 Å². The van der Waals surface area contributed by atoms with Crippen LogP contribution in [0.25, 0.3) is 11.0 Å². The van der Waals surface area contributed by atoms with Gasteiger partial charge >= 0.3 is 11.1 Å². The second-order valence-corrected chi connectivity index (χ2v) is 6.74. The van der Waals surface area contributed by atoms with Gasteiger partial charge in [-0.15, -0.1) is 0 Å². The van der Waals surface area contributed by atoms with Gasteiger partial charge in [0, 0.05) is 13.1 Å². The van der Waals surface area contributed by atoms with Gasteiger partial charge in [-0.3, -0.25) is 19.0 Å². The van der Waals surface area contributed by atoms with Crippen molar-refractivity contribution < 1.29 is 4.79 Å². The molecular formula is C21H23N3O3. The predicted molar refractivity (Wildman–Crippen MR) is 106 cm³/mol. The fraction of sp³-hybridized carbons (Fsp3) is 0.286. The average molecular weight is 365 g/mol. The summed E-state index contributed by atoms with van der Waals surface area (Å²) in [5.41, 5.74) is 1.07. The molecule has 1 atom stereocenters. The highest BCUT2D eigenvalue weighted by Crippen LogP contribution is 2.09. The predicted octanol–water partition coefficient (Wildman–Crippen LogP) is 1.84. The quantitative estimate of drug-likeness (QED) is 0.678. The molecule has 2 aromatic carbocycles. The van der Waals surface area contributed by atoms with Crippen molar-refractivity contribution in [3.63, 3.8) is 0 Å². The van der Waals surface area contributed by atoms with Gasteiger partial charge in [-0.25, -0.2) is 0 Å². The monoisotopic (exact) mass is 365 g/mol. The van der Waals surface area contributed by atoms with Crippen LogP contribution in [0.4, 0.5) is 0 Å².